The summed E-state index contributed by atoms with van der Waals surface area (Å²) in [5.74, 6) is 0. The van der Waals surface area contributed by atoms with Gasteiger partial charge in [0, 0.05) is 21.5 Å². The monoisotopic (exact) mass is 299 g/mol. The molecule has 0 saturated carbocycles. The first-order chi connectivity index (χ1) is 6.79. The third-order valence-electron chi connectivity index (χ3n) is 2.14. The summed E-state index contributed by atoms with van der Waals surface area (Å²) < 4.78 is 1.08. The summed E-state index contributed by atoms with van der Waals surface area (Å²) in [6.07, 6.45) is 3.09. The molecule has 2 nitrogen and oxygen atoms in total. The zero-order chi connectivity index (χ0) is 9.97. The van der Waals surface area contributed by atoms with E-state index in [9.17, 15) is 5.11 Å². The molecule has 0 bridgehead atoms. The minimum absolute atomic E-state index is 0.533. The van der Waals surface area contributed by atoms with Gasteiger partial charge in [0.25, 0.3) is 0 Å². The number of aliphatic hydroxyl groups excluding tert-OH is 1. The van der Waals surface area contributed by atoms with Crippen LogP contribution in [-0.2, 0) is 0 Å². The molecule has 1 unspecified atom stereocenters. The molecule has 1 atom stereocenters. The highest BCUT2D eigenvalue weighted by molar-refractivity contribution is 14.1. The van der Waals surface area contributed by atoms with Crippen LogP contribution < -0.4 is 0 Å². The highest BCUT2D eigenvalue weighted by atomic mass is 127. The minimum atomic E-state index is -0.533. The first kappa shape index (κ1) is 9.73. The lowest BCUT2D eigenvalue weighted by Gasteiger charge is -2.10. The summed E-state index contributed by atoms with van der Waals surface area (Å²) >= 11 is 2.23. The number of halogens is 1. The maximum Gasteiger partial charge on any atom is 0.107 e. The highest BCUT2D eigenvalue weighted by Crippen LogP contribution is 2.25. The van der Waals surface area contributed by atoms with E-state index in [1.165, 1.54) is 0 Å². The molecule has 2 N–H and O–H groups in total. The first-order valence-electron chi connectivity index (χ1n) is 4.34. The Kier molecular flexibility index (Phi) is 2.88. The Morgan fingerprint density at radius 1 is 1.21 bits per heavy atom. The molecule has 0 aliphatic carbocycles. The van der Waals surface area contributed by atoms with Crippen molar-refractivity contribution in [1.82, 2.24) is 4.98 Å². The number of hydrogen-bond acceptors (Lipinski definition) is 1. The smallest absolute Gasteiger partial charge is 0.107 e. The second-order valence-electron chi connectivity index (χ2n) is 3.07. The van der Waals surface area contributed by atoms with Gasteiger partial charge in [0.2, 0.25) is 0 Å². The molecule has 72 valence electrons. The predicted molar refractivity (Wildman–Crippen MR) is 64.0 cm³/mol. The van der Waals surface area contributed by atoms with Crippen molar-refractivity contribution in [2.24, 2.45) is 0 Å². The van der Waals surface area contributed by atoms with Crippen LogP contribution >= 0.6 is 22.6 Å². The molecule has 0 spiro atoms. The Hall–Kier alpha value is -0.810. The Bertz CT molecular complexity index is 411. The molecule has 1 aromatic heterocycles. The molecule has 0 aliphatic rings. The fourth-order valence-corrected chi connectivity index (χ4v) is 2.07. The van der Waals surface area contributed by atoms with Crippen LogP contribution in [0.4, 0.5) is 0 Å². The lowest BCUT2D eigenvalue weighted by molar-refractivity contribution is 0.219. The molecule has 3 heteroatoms. The van der Waals surface area contributed by atoms with Gasteiger partial charge in [0.05, 0.1) is 0 Å². The fraction of sp³-hybridized carbons (Fsp3) is 0.0909. The van der Waals surface area contributed by atoms with Crippen LogP contribution in [0.15, 0.2) is 42.7 Å². The zero-order valence-electron chi connectivity index (χ0n) is 7.44. The minimum Gasteiger partial charge on any atom is -0.384 e. The molecule has 0 amide bonds. The quantitative estimate of drug-likeness (QED) is 0.822. The van der Waals surface area contributed by atoms with Crippen molar-refractivity contribution in [2.45, 2.75) is 6.10 Å². The van der Waals surface area contributed by atoms with Crippen LogP contribution in [-0.4, -0.2) is 10.1 Å². The van der Waals surface area contributed by atoms with Gasteiger partial charge in [0.1, 0.15) is 6.10 Å². The number of nitrogens with one attached hydrogen (secondary N) is 1. The van der Waals surface area contributed by atoms with E-state index in [4.69, 9.17) is 0 Å². The van der Waals surface area contributed by atoms with Gasteiger partial charge in [-0.15, -0.1) is 0 Å². The molecule has 0 aliphatic heterocycles. The van der Waals surface area contributed by atoms with Crippen LogP contribution in [0.25, 0.3) is 0 Å². The topological polar surface area (TPSA) is 36.0 Å². The number of hydrogen-bond donors (Lipinski definition) is 2. The van der Waals surface area contributed by atoms with E-state index in [0.29, 0.717) is 0 Å². The Labute approximate surface area is 96.1 Å². The van der Waals surface area contributed by atoms with Gasteiger partial charge in [-0.3, -0.25) is 0 Å². The van der Waals surface area contributed by atoms with E-state index in [-0.39, 0.29) is 0 Å². The van der Waals surface area contributed by atoms with Crippen LogP contribution in [0.2, 0.25) is 0 Å². The van der Waals surface area contributed by atoms with Gasteiger partial charge in [-0.05, 0) is 40.3 Å². The second-order valence-corrected chi connectivity index (χ2v) is 4.23. The molecule has 0 saturated heterocycles. The third-order valence-corrected chi connectivity index (χ3v) is 3.12. The Morgan fingerprint density at radius 3 is 2.64 bits per heavy atom. The van der Waals surface area contributed by atoms with Crippen LogP contribution in [0, 0.1) is 3.57 Å². The Balaban J connectivity index is 2.37. The lowest BCUT2D eigenvalue weighted by atomic mass is 10.0. The van der Waals surface area contributed by atoms with Crippen molar-refractivity contribution in [3.63, 3.8) is 0 Å². The molecule has 2 aromatic rings. The number of aliphatic hydroxyl groups is 1. The van der Waals surface area contributed by atoms with Crippen LogP contribution in [0.5, 0.6) is 0 Å². The highest BCUT2D eigenvalue weighted by Gasteiger charge is 2.12. The van der Waals surface area contributed by atoms with Crippen molar-refractivity contribution in [3.05, 3.63) is 57.4 Å². The number of H-pyrrole nitrogens is 1. The third kappa shape index (κ3) is 1.83. The molecular formula is C11H10INO. The summed E-state index contributed by atoms with van der Waals surface area (Å²) in [6, 6.07) is 9.72. The van der Waals surface area contributed by atoms with Gasteiger partial charge < -0.3 is 10.1 Å². The number of aromatic nitrogens is 1. The van der Waals surface area contributed by atoms with E-state index in [0.717, 1.165) is 14.7 Å². The fourth-order valence-electron chi connectivity index (χ4n) is 1.38. The molecular weight excluding hydrogens is 289 g/mol. The van der Waals surface area contributed by atoms with Crippen molar-refractivity contribution in [2.75, 3.05) is 0 Å². The average Bonchev–Trinajstić information content (AvgIpc) is 2.70. The number of rotatable bonds is 2. The SMILES string of the molecule is OC(c1cc[nH]c1)c1ccccc1I. The van der Waals surface area contributed by atoms with Crippen molar-refractivity contribution in [1.29, 1.82) is 0 Å². The van der Waals surface area contributed by atoms with E-state index < -0.39 is 6.10 Å². The summed E-state index contributed by atoms with van der Waals surface area (Å²) in [6.45, 7) is 0. The maximum atomic E-state index is 10.0. The molecule has 14 heavy (non-hydrogen) atoms. The van der Waals surface area contributed by atoms with Gasteiger partial charge in [-0.1, -0.05) is 18.2 Å². The van der Waals surface area contributed by atoms with Crippen molar-refractivity contribution in [3.8, 4) is 0 Å². The molecule has 1 aromatic carbocycles. The van der Waals surface area contributed by atoms with Gasteiger partial charge in [0.15, 0.2) is 0 Å². The predicted octanol–water partition coefficient (Wildman–Crippen LogP) is 2.70. The van der Waals surface area contributed by atoms with Crippen molar-refractivity contribution < 1.29 is 5.11 Å². The number of benzene rings is 1. The average molecular weight is 299 g/mol. The van der Waals surface area contributed by atoms with Gasteiger partial charge in [-0.2, -0.15) is 0 Å². The number of aromatic amines is 1. The summed E-state index contributed by atoms with van der Waals surface area (Å²) in [4.78, 5) is 2.94. The Morgan fingerprint density at radius 2 is 2.00 bits per heavy atom. The van der Waals surface area contributed by atoms with E-state index in [1.807, 2.05) is 42.7 Å². The zero-order valence-corrected chi connectivity index (χ0v) is 9.60. The lowest BCUT2D eigenvalue weighted by Crippen LogP contribution is -2.00. The largest absolute Gasteiger partial charge is 0.384 e. The molecule has 1 heterocycles. The van der Waals surface area contributed by atoms with E-state index >= 15 is 0 Å². The van der Waals surface area contributed by atoms with Crippen LogP contribution in [0.3, 0.4) is 0 Å². The summed E-state index contributed by atoms with van der Waals surface area (Å²) in [5.41, 5.74) is 1.85. The van der Waals surface area contributed by atoms with Crippen molar-refractivity contribution >= 4 is 22.6 Å². The van der Waals surface area contributed by atoms with E-state index in [2.05, 4.69) is 27.6 Å². The molecule has 0 fully saturated rings. The van der Waals surface area contributed by atoms with Crippen LogP contribution in [0.1, 0.15) is 17.2 Å². The van der Waals surface area contributed by atoms with E-state index in [1.54, 1.807) is 0 Å². The molecule has 0 radical (unpaired) electrons. The molecule has 2 rings (SSSR count). The summed E-state index contributed by atoms with van der Waals surface area (Å²) in [7, 11) is 0. The normalized spacial score (nSPS) is 12.7. The van der Waals surface area contributed by atoms with Gasteiger partial charge >= 0.3 is 0 Å². The summed E-state index contributed by atoms with van der Waals surface area (Å²) in [5, 5.41) is 10.0. The second kappa shape index (κ2) is 4.14. The first-order valence-corrected chi connectivity index (χ1v) is 5.42. The maximum absolute atomic E-state index is 10.0. The standard InChI is InChI=1S/C11H10INO/c12-10-4-2-1-3-9(10)11(14)8-5-6-13-7-8/h1-7,11,13-14H. The van der Waals surface area contributed by atoms with Gasteiger partial charge in [-0.25, -0.2) is 0 Å².